The van der Waals surface area contributed by atoms with Gasteiger partial charge in [0.2, 0.25) is 0 Å². The van der Waals surface area contributed by atoms with Crippen LogP contribution in [0.2, 0.25) is 0 Å². The van der Waals surface area contributed by atoms with Crippen LogP contribution in [0.4, 0.5) is 0 Å². The highest BCUT2D eigenvalue weighted by Crippen LogP contribution is 2.28. The van der Waals surface area contributed by atoms with E-state index in [2.05, 4.69) is 36.0 Å². The Labute approximate surface area is 141 Å². The van der Waals surface area contributed by atoms with Gasteiger partial charge in [0.05, 0.1) is 0 Å². The van der Waals surface area contributed by atoms with E-state index in [1.165, 1.54) is 12.8 Å². The molecule has 0 saturated carbocycles. The van der Waals surface area contributed by atoms with Gasteiger partial charge >= 0.3 is 0 Å². The van der Waals surface area contributed by atoms with Crippen LogP contribution in [0.3, 0.4) is 0 Å². The number of rotatable bonds is 7. The standard InChI is InChI=1S/C15H31N3O.HI/c1-5-6-11-19-12-7-9-17-14(16-4)18-10-8-15(2,3)13-18;/h5-13H2,1-4H3,(H,16,17);1H. The number of hydrogen-bond donors (Lipinski definition) is 1. The van der Waals surface area contributed by atoms with E-state index >= 15 is 0 Å². The second kappa shape index (κ2) is 10.7. The second-order valence-corrected chi connectivity index (χ2v) is 6.13. The molecule has 0 spiro atoms. The van der Waals surface area contributed by atoms with Crippen molar-refractivity contribution in [2.24, 2.45) is 10.4 Å². The molecular weight excluding hydrogens is 365 g/mol. The van der Waals surface area contributed by atoms with Crippen molar-refractivity contribution in [1.82, 2.24) is 10.2 Å². The predicted octanol–water partition coefficient (Wildman–Crippen LogP) is 3.12. The van der Waals surface area contributed by atoms with Crippen LogP contribution in [-0.4, -0.2) is 50.8 Å². The van der Waals surface area contributed by atoms with E-state index in [1.54, 1.807) is 0 Å². The molecule has 1 heterocycles. The molecule has 0 unspecified atom stereocenters. The highest BCUT2D eigenvalue weighted by molar-refractivity contribution is 14.0. The molecule has 1 saturated heterocycles. The average molecular weight is 397 g/mol. The first-order valence-electron chi connectivity index (χ1n) is 7.62. The quantitative estimate of drug-likeness (QED) is 0.311. The summed E-state index contributed by atoms with van der Waals surface area (Å²) in [5, 5.41) is 3.44. The summed E-state index contributed by atoms with van der Waals surface area (Å²) >= 11 is 0. The minimum absolute atomic E-state index is 0. The maximum absolute atomic E-state index is 5.55. The Bertz CT molecular complexity index is 282. The van der Waals surface area contributed by atoms with Gasteiger partial charge in [-0.15, -0.1) is 24.0 Å². The van der Waals surface area contributed by atoms with Crippen LogP contribution in [0, 0.1) is 5.41 Å². The molecule has 0 amide bonds. The number of guanidine groups is 1. The third-order valence-corrected chi connectivity index (χ3v) is 3.58. The number of ether oxygens (including phenoxy) is 1. The Balaban J connectivity index is 0.00000361. The molecule has 0 aliphatic carbocycles. The van der Waals surface area contributed by atoms with E-state index in [-0.39, 0.29) is 24.0 Å². The van der Waals surface area contributed by atoms with Gasteiger partial charge in [-0.25, -0.2) is 0 Å². The molecule has 120 valence electrons. The van der Waals surface area contributed by atoms with Crippen LogP contribution in [0.25, 0.3) is 0 Å². The van der Waals surface area contributed by atoms with Crippen molar-refractivity contribution < 1.29 is 4.74 Å². The van der Waals surface area contributed by atoms with Gasteiger partial charge < -0.3 is 15.0 Å². The van der Waals surface area contributed by atoms with E-state index < -0.39 is 0 Å². The summed E-state index contributed by atoms with van der Waals surface area (Å²) in [5.41, 5.74) is 0.418. The summed E-state index contributed by atoms with van der Waals surface area (Å²) in [5.74, 6) is 1.04. The van der Waals surface area contributed by atoms with E-state index in [0.29, 0.717) is 5.41 Å². The number of halogens is 1. The number of likely N-dealkylation sites (tertiary alicyclic amines) is 1. The topological polar surface area (TPSA) is 36.9 Å². The lowest BCUT2D eigenvalue weighted by atomic mass is 9.93. The third kappa shape index (κ3) is 7.67. The number of hydrogen-bond acceptors (Lipinski definition) is 2. The maximum Gasteiger partial charge on any atom is 0.193 e. The minimum atomic E-state index is 0. The molecule has 5 heteroatoms. The molecule has 0 aromatic carbocycles. The zero-order valence-electron chi connectivity index (χ0n) is 13.6. The van der Waals surface area contributed by atoms with Crippen LogP contribution in [0.1, 0.15) is 46.5 Å². The van der Waals surface area contributed by atoms with Gasteiger partial charge in [0.1, 0.15) is 0 Å². The molecule has 1 aliphatic rings. The Morgan fingerprint density at radius 2 is 2.00 bits per heavy atom. The number of nitrogens with one attached hydrogen (secondary N) is 1. The van der Waals surface area contributed by atoms with E-state index in [0.717, 1.165) is 51.6 Å². The number of unbranched alkanes of at least 4 members (excludes halogenated alkanes) is 1. The summed E-state index contributed by atoms with van der Waals surface area (Å²) in [6.45, 7) is 11.7. The molecule has 20 heavy (non-hydrogen) atoms. The Morgan fingerprint density at radius 1 is 1.30 bits per heavy atom. The van der Waals surface area contributed by atoms with Crippen molar-refractivity contribution in [3.05, 3.63) is 0 Å². The molecule has 4 nitrogen and oxygen atoms in total. The lowest BCUT2D eigenvalue weighted by Crippen LogP contribution is -2.41. The molecule has 0 bridgehead atoms. The first kappa shape index (κ1) is 20.0. The van der Waals surface area contributed by atoms with Gasteiger partial charge in [-0.1, -0.05) is 27.2 Å². The molecule has 1 fully saturated rings. The molecule has 1 aliphatic heterocycles. The van der Waals surface area contributed by atoms with Gasteiger partial charge in [0, 0.05) is 39.9 Å². The van der Waals surface area contributed by atoms with Crippen LogP contribution < -0.4 is 5.32 Å². The van der Waals surface area contributed by atoms with Gasteiger partial charge in [0.25, 0.3) is 0 Å². The molecule has 0 radical (unpaired) electrons. The van der Waals surface area contributed by atoms with Crippen LogP contribution in [-0.2, 0) is 4.74 Å². The lowest BCUT2D eigenvalue weighted by molar-refractivity contribution is 0.129. The van der Waals surface area contributed by atoms with E-state index in [1.807, 2.05) is 7.05 Å². The van der Waals surface area contributed by atoms with Gasteiger partial charge in [0.15, 0.2) is 5.96 Å². The highest BCUT2D eigenvalue weighted by Gasteiger charge is 2.30. The summed E-state index contributed by atoms with van der Waals surface area (Å²) in [6.07, 6.45) is 4.65. The fraction of sp³-hybridized carbons (Fsp3) is 0.933. The van der Waals surface area contributed by atoms with Gasteiger partial charge in [-0.2, -0.15) is 0 Å². The molecule has 0 aromatic heterocycles. The van der Waals surface area contributed by atoms with E-state index in [9.17, 15) is 0 Å². The fourth-order valence-corrected chi connectivity index (χ4v) is 2.35. The summed E-state index contributed by atoms with van der Waals surface area (Å²) < 4.78 is 5.55. The predicted molar refractivity (Wildman–Crippen MR) is 97.1 cm³/mol. The van der Waals surface area contributed by atoms with Crippen molar-refractivity contribution in [1.29, 1.82) is 0 Å². The lowest BCUT2D eigenvalue weighted by Gasteiger charge is -2.23. The number of aliphatic imine (C=N–C) groups is 1. The van der Waals surface area contributed by atoms with Gasteiger partial charge in [-0.05, 0) is 24.7 Å². The maximum atomic E-state index is 5.55. The molecule has 1 rings (SSSR count). The Hall–Kier alpha value is -0.0400. The number of nitrogens with zero attached hydrogens (tertiary/aromatic N) is 2. The normalized spacial score (nSPS) is 18.0. The minimum Gasteiger partial charge on any atom is -0.381 e. The first-order chi connectivity index (χ1) is 9.09. The molecule has 0 atom stereocenters. The zero-order valence-corrected chi connectivity index (χ0v) is 15.9. The average Bonchev–Trinajstić information content (AvgIpc) is 2.73. The smallest absolute Gasteiger partial charge is 0.193 e. The van der Waals surface area contributed by atoms with Crippen molar-refractivity contribution in [2.75, 3.05) is 39.9 Å². The summed E-state index contributed by atoms with van der Waals surface area (Å²) in [4.78, 5) is 6.73. The highest BCUT2D eigenvalue weighted by atomic mass is 127. The van der Waals surface area contributed by atoms with Crippen molar-refractivity contribution in [2.45, 2.75) is 46.5 Å². The van der Waals surface area contributed by atoms with Crippen molar-refractivity contribution in [3.63, 3.8) is 0 Å². The molecular formula is C15H32IN3O. The first-order valence-corrected chi connectivity index (χ1v) is 7.62. The SMILES string of the molecule is CCCCOCCCNC(=NC)N1CCC(C)(C)C1.I. The van der Waals surface area contributed by atoms with Gasteiger partial charge in [-0.3, -0.25) is 4.99 Å². The fourth-order valence-electron chi connectivity index (χ4n) is 2.35. The monoisotopic (exact) mass is 397 g/mol. The summed E-state index contributed by atoms with van der Waals surface area (Å²) in [6, 6.07) is 0. The summed E-state index contributed by atoms with van der Waals surface area (Å²) in [7, 11) is 1.87. The Kier molecular flexibility index (Phi) is 10.6. The van der Waals surface area contributed by atoms with Crippen molar-refractivity contribution in [3.8, 4) is 0 Å². The van der Waals surface area contributed by atoms with Crippen LogP contribution in [0.15, 0.2) is 4.99 Å². The third-order valence-electron chi connectivity index (χ3n) is 3.58. The van der Waals surface area contributed by atoms with Crippen LogP contribution >= 0.6 is 24.0 Å². The largest absolute Gasteiger partial charge is 0.381 e. The van der Waals surface area contributed by atoms with Crippen LogP contribution in [0.5, 0.6) is 0 Å². The Morgan fingerprint density at radius 3 is 2.55 bits per heavy atom. The zero-order chi connectivity index (χ0) is 14.1. The van der Waals surface area contributed by atoms with E-state index in [4.69, 9.17) is 4.74 Å². The molecule has 0 aromatic rings. The molecule has 1 N–H and O–H groups in total. The van der Waals surface area contributed by atoms with Crippen molar-refractivity contribution >= 4 is 29.9 Å². The second-order valence-electron chi connectivity index (χ2n) is 6.13.